The van der Waals surface area contributed by atoms with E-state index in [1.54, 1.807) is 11.1 Å². The van der Waals surface area contributed by atoms with E-state index in [-0.39, 0.29) is 11.9 Å². The summed E-state index contributed by atoms with van der Waals surface area (Å²) in [6.45, 7) is 1.27. The molecular weight excluding hydrogens is 318 g/mol. The number of methoxy groups -OCH3 is 1. The quantitative estimate of drug-likeness (QED) is 0.785. The molecule has 0 aliphatic carbocycles. The summed E-state index contributed by atoms with van der Waals surface area (Å²) < 4.78 is 6.88. The lowest BCUT2D eigenvalue weighted by Crippen LogP contribution is -2.49. The van der Waals surface area contributed by atoms with Gasteiger partial charge in [0.1, 0.15) is 6.04 Å². The van der Waals surface area contributed by atoms with Crippen molar-refractivity contribution in [1.29, 1.82) is 0 Å². The number of ether oxygens (including phenoxy) is 1. The van der Waals surface area contributed by atoms with Gasteiger partial charge in [0.05, 0.1) is 24.6 Å². The van der Waals surface area contributed by atoms with Gasteiger partial charge in [0, 0.05) is 19.5 Å². The Morgan fingerprint density at radius 1 is 1.20 bits per heavy atom. The molecule has 6 heteroatoms. The number of carbonyl (C=O) groups excluding carboxylic acids is 2. The molecule has 1 aromatic carbocycles. The standard InChI is InChI=1S/C19H21N3O3/c1-25-19(24)17-10-13-6-2-3-7-14(13)12-21(17)18(23)15-11-20-22-9-5-4-8-16(15)22/h2-3,6-7,11,17H,4-5,8-10,12H2,1H3. The Morgan fingerprint density at radius 2 is 2.00 bits per heavy atom. The number of carbonyl (C=O) groups is 2. The van der Waals surface area contributed by atoms with Crippen LogP contribution in [0.2, 0.25) is 0 Å². The normalized spacial score (nSPS) is 19.1. The second-order valence-corrected chi connectivity index (χ2v) is 6.63. The lowest BCUT2D eigenvalue weighted by atomic mass is 9.93. The molecule has 0 saturated heterocycles. The summed E-state index contributed by atoms with van der Waals surface area (Å²) in [5.41, 5.74) is 3.78. The van der Waals surface area contributed by atoms with Gasteiger partial charge in [-0.2, -0.15) is 5.10 Å². The van der Waals surface area contributed by atoms with E-state index < -0.39 is 6.04 Å². The molecule has 2 aliphatic heterocycles. The van der Waals surface area contributed by atoms with Gasteiger partial charge in [0.2, 0.25) is 0 Å². The Kier molecular flexibility index (Phi) is 4.03. The molecule has 3 heterocycles. The molecule has 1 aromatic heterocycles. The highest BCUT2D eigenvalue weighted by molar-refractivity contribution is 5.98. The molecule has 2 aliphatic rings. The number of aryl methyl sites for hydroxylation is 1. The number of rotatable bonds is 2. The number of hydrogen-bond acceptors (Lipinski definition) is 4. The summed E-state index contributed by atoms with van der Waals surface area (Å²) in [6.07, 6.45) is 5.14. The molecule has 0 saturated carbocycles. The third-order valence-corrected chi connectivity index (χ3v) is 5.20. The zero-order valence-electron chi connectivity index (χ0n) is 14.3. The average Bonchev–Trinajstić information content (AvgIpc) is 3.10. The van der Waals surface area contributed by atoms with Crippen molar-refractivity contribution in [2.45, 2.75) is 44.8 Å². The molecule has 25 heavy (non-hydrogen) atoms. The Balaban J connectivity index is 1.70. The van der Waals surface area contributed by atoms with Crippen LogP contribution in [0.4, 0.5) is 0 Å². The van der Waals surface area contributed by atoms with Gasteiger partial charge in [-0.1, -0.05) is 24.3 Å². The maximum absolute atomic E-state index is 13.2. The van der Waals surface area contributed by atoms with Crippen molar-refractivity contribution in [3.05, 3.63) is 52.8 Å². The van der Waals surface area contributed by atoms with Crippen molar-refractivity contribution in [3.63, 3.8) is 0 Å². The second kappa shape index (κ2) is 6.35. The Hall–Kier alpha value is -2.63. The number of benzene rings is 1. The molecule has 0 bridgehead atoms. The fourth-order valence-corrected chi connectivity index (χ4v) is 3.84. The first-order valence-electron chi connectivity index (χ1n) is 8.69. The first kappa shape index (κ1) is 15.9. The number of esters is 1. The van der Waals surface area contributed by atoms with E-state index in [2.05, 4.69) is 5.10 Å². The highest BCUT2D eigenvalue weighted by atomic mass is 16.5. The molecular formula is C19H21N3O3. The van der Waals surface area contributed by atoms with Gasteiger partial charge in [-0.25, -0.2) is 4.79 Å². The summed E-state index contributed by atoms with van der Waals surface area (Å²) in [7, 11) is 1.37. The molecule has 1 amide bonds. The smallest absolute Gasteiger partial charge is 0.328 e. The highest BCUT2D eigenvalue weighted by Crippen LogP contribution is 2.27. The fourth-order valence-electron chi connectivity index (χ4n) is 3.84. The van der Waals surface area contributed by atoms with Crippen LogP contribution in [0.1, 0.15) is 40.0 Å². The molecule has 130 valence electrons. The Labute approximate surface area is 146 Å². The van der Waals surface area contributed by atoms with Gasteiger partial charge in [-0.15, -0.1) is 0 Å². The van der Waals surface area contributed by atoms with E-state index in [4.69, 9.17) is 4.74 Å². The van der Waals surface area contributed by atoms with Crippen molar-refractivity contribution in [2.75, 3.05) is 7.11 Å². The van der Waals surface area contributed by atoms with Crippen molar-refractivity contribution in [2.24, 2.45) is 0 Å². The van der Waals surface area contributed by atoms with Crippen molar-refractivity contribution < 1.29 is 14.3 Å². The van der Waals surface area contributed by atoms with Crippen molar-refractivity contribution >= 4 is 11.9 Å². The molecule has 6 nitrogen and oxygen atoms in total. The van der Waals surface area contributed by atoms with Crippen LogP contribution in [-0.2, 0) is 35.5 Å². The number of hydrogen-bond donors (Lipinski definition) is 0. The van der Waals surface area contributed by atoms with E-state index in [9.17, 15) is 9.59 Å². The number of nitrogens with zero attached hydrogens (tertiary/aromatic N) is 3. The van der Waals surface area contributed by atoms with E-state index in [1.165, 1.54) is 7.11 Å². The lowest BCUT2D eigenvalue weighted by Gasteiger charge is -2.35. The third-order valence-electron chi connectivity index (χ3n) is 5.20. The van der Waals surface area contributed by atoms with Crippen LogP contribution in [0.15, 0.2) is 30.5 Å². The molecule has 2 aromatic rings. The third kappa shape index (κ3) is 2.71. The van der Waals surface area contributed by atoms with Crippen molar-refractivity contribution in [1.82, 2.24) is 14.7 Å². The zero-order chi connectivity index (χ0) is 17.4. The minimum atomic E-state index is -0.591. The summed E-state index contributed by atoms with van der Waals surface area (Å²) in [5, 5.41) is 4.36. The highest BCUT2D eigenvalue weighted by Gasteiger charge is 2.37. The average molecular weight is 339 g/mol. The fraction of sp³-hybridized carbons (Fsp3) is 0.421. The molecule has 0 spiro atoms. The number of amides is 1. The van der Waals surface area contributed by atoms with Gasteiger partial charge < -0.3 is 9.64 Å². The molecule has 0 N–H and O–H groups in total. The summed E-state index contributed by atoms with van der Waals surface area (Å²) in [4.78, 5) is 27.2. The van der Waals surface area contributed by atoms with Crippen LogP contribution in [0.3, 0.4) is 0 Å². The minimum Gasteiger partial charge on any atom is -0.467 e. The summed E-state index contributed by atoms with van der Waals surface area (Å²) in [6, 6.07) is 7.35. The predicted molar refractivity (Wildman–Crippen MR) is 91.0 cm³/mol. The maximum Gasteiger partial charge on any atom is 0.328 e. The molecule has 1 atom stereocenters. The Morgan fingerprint density at radius 3 is 2.80 bits per heavy atom. The van der Waals surface area contributed by atoms with Crippen LogP contribution in [0.5, 0.6) is 0 Å². The van der Waals surface area contributed by atoms with Gasteiger partial charge in [0.25, 0.3) is 5.91 Å². The predicted octanol–water partition coefficient (Wildman–Crippen LogP) is 1.96. The van der Waals surface area contributed by atoms with Crippen LogP contribution in [0.25, 0.3) is 0 Å². The van der Waals surface area contributed by atoms with Gasteiger partial charge >= 0.3 is 5.97 Å². The SMILES string of the molecule is COC(=O)C1Cc2ccccc2CN1C(=O)c1cnn2c1CCCC2. The van der Waals surface area contributed by atoms with E-state index in [0.717, 1.165) is 42.6 Å². The monoisotopic (exact) mass is 339 g/mol. The van der Waals surface area contributed by atoms with E-state index >= 15 is 0 Å². The van der Waals surface area contributed by atoms with Crippen LogP contribution in [0, 0.1) is 0 Å². The number of aromatic nitrogens is 2. The van der Waals surface area contributed by atoms with Gasteiger partial charge in [-0.3, -0.25) is 9.48 Å². The summed E-state index contributed by atoms with van der Waals surface area (Å²) >= 11 is 0. The minimum absolute atomic E-state index is 0.131. The topological polar surface area (TPSA) is 64.4 Å². The number of fused-ring (bicyclic) bond motifs is 2. The van der Waals surface area contributed by atoms with Crippen LogP contribution < -0.4 is 0 Å². The lowest BCUT2D eigenvalue weighted by molar-refractivity contribution is -0.146. The Bertz CT molecular complexity index is 827. The van der Waals surface area contributed by atoms with E-state index in [1.807, 2.05) is 28.9 Å². The molecule has 1 unspecified atom stereocenters. The van der Waals surface area contributed by atoms with Crippen LogP contribution >= 0.6 is 0 Å². The van der Waals surface area contributed by atoms with Gasteiger partial charge in [-0.05, 0) is 30.4 Å². The van der Waals surface area contributed by atoms with Crippen molar-refractivity contribution in [3.8, 4) is 0 Å². The van der Waals surface area contributed by atoms with E-state index in [0.29, 0.717) is 18.5 Å². The first-order chi connectivity index (χ1) is 12.2. The van der Waals surface area contributed by atoms with Gasteiger partial charge in [0.15, 0.2) is 0 Å². The first-order valence-corrected chi connectivity index (χ1v) is 8.69. The zero-order valence-corrected chi connectivity index (χ0v) is 14.3. The largest absolute Gasteiger partial charge is 0.467 e. The van der Waals surface area contributed by atoms with Crippen LogP contribution in [-0.4, -0.2) is 39.7 Å². The molecule has 0 radical (unpaired) electrons. The maximum atomic E-state index is 13.2. The summed E-state index contributed by atoms with van der Waals surface area (Å²) in [5.74, 6) is -0.503. The molecule has 4 rings (SSSR count). The second-order valence-electron chi connectivity index (χ2n) is 6.63. The molecule has 0 fully saturated rings.